The van der Waals surface area contributed by atoms with E-state index in [1.54, 1.807) is 20.8 Å². The highest BCUT2D eigenvalue weighted by molar-refractivity contribution is 6.37. The fourth-order valence-corrected chi connectivity index (χ4v) is 0.552. The number of terminal acetylenes is 1. The summed E-state index contributed by atoms with van der Waals surface area (Å²) < 4.78 is 0. The van der Waals surface area contributed by atoms with Gasteiger partial charge in [0, 0.05) is 5.41 Å². The van der Waals surface area contributed by atoms with E-state index < -0.39 is 17.1 Å². The zero-order valence-corrected chi connectivity index (χ0v) is 7.60. The Hall–Kier alpha value is -1.30. The number of ketones is 1. The van der Waals surface area contributed by atoms with E-state index in [0.717, 1.165) is 0 Å². The monoisotopic (exact) mass is 167 g/mol. The standard InChI is InChI=1S/C9H13NO2/c1-5-6-10-8(12)7(11)9(2,3)4/h1H,6H2,2-4H3,(H,10,12). The highest BCUT2D eigenvalue weighted by Gasteiger charge is 2.27. The fraction of sp³-hybridized carbons (Fsp3) is 0.556. The number of nitrogens with one attached hydrogen (secondary N) is 1. The second kappa shape index (κ2) is 3.91. The first-order valence-electron chi connectivity index (χ1n) is 3.65. The third-order valence-corrected chi connectivity index (χ3v) is 1.24. The molecule has 0 aliphatic carbocycles. The molecule has 66 valence electrons. The molecule has 0 bridgehead atoms. The van der Waals surface area contributed by atoms with Crippen molar-refractivity contribution in [1.82, 2.24) is 5.32 Å². The van der Waals surface area contributed by atoms with Crippen LogP contribution in [-0.2, 0) is 9.59 Å². The predicted octanol–water partition coefficient (Wildman–Crippen LogP) is 0.351. The summed E-state index contributed by atoms with van der Waals surface area (Å²) in [7, 11) is 0. The Morgan fingerprint density at radius 2 is 1.92 bits per heavy atom. The van der Waals surface area contributed by atoms with Crippen molar-refractivity contribution >= 4 is 11.7 Å². The molecule has 0 saturated carbocycles. The van der Waals surface area contributed by atoms with Crippen molar-refractivity contribution < 1.29 is 9.59 Å². The van der Waals surface area contributed by atoms with Gasteiger partial charge in [0.2, 0.25) is 5.78 Å². The molecule has 0 aromatic rings. The quantitative estimate of drug-likeness (QED) is 0.476. The van der Waals surface area contributed by atoms with Crippen LogP contribution in [0.15, 0.2) is 0 Å². The first-order chi connectivity index (χ1) is 5.39. The fourth-order valence-electron chi connectivity index (χ4n) is 0.552. The molecule has 0 aromatic carbocycles. The van der Waals surface area contributed by atoms with Gasteiger partial charge in [-0.15, -0.1) is 6.42 Å². The summed E-state index contributed by atoms with van der Waals surface area (Å²) in [6.07, 6.45) is 4.91. The number of hydrogen-bond donors (Lipinski definition) is 1. The zero-order valence-electron chi connectivity index (χ0n) is 7.60. The molecule has 0 radical (unpaired) electrons. The van der Waals surface area contributed by atoms with E-state index in [0.29, 0.717) is 0 Å². The Balaban J connectivity index is 4.15. The molecule has 0 unspecified atom stereocenters. The van der Waals surface area contributed by atoms with E-state index >= 15 is 0 Å². The number of carbonyl (C=O) groups excluding carboxylic acids is 2. The lowest BCUT2D eigenvalue weighted by molar-refractivity contribution is -0.142. The minimum atomic E-state index is -0.640. The molecule has 0 aliphatic rings. The molecule has 0 atom stereocenters. The third kappa shape index (κ3) is 3.20. The molecule has 0 saturated heterocycles. The second-order valence-corrected chi connectivity index (χ2v) is 3.47. The molecule has 0 heterocycles. The average molecular weight is 167 g/mol. The summed E-state index contributed by atoms with van der Waals surface area (Å²) in [5.74, 6) is 1.16. The van der Waals surface area contributed by atoms with E-state index in [1.165, 1.54) is 0 Å². The van der Waals surface area contributed by atoms with Crippen LogP contribution in [0.5, 0.6) is 0 Å². The van der Waals surface area contributed by atoms with Gasteiger partial charge in [-0.3, -0.25) is 9.59 Å². The summed E-state index contributed by atoms with van der Waals surface area (Å²) >= 11 is 0. The van der Waals surface area contributed by atoms with Crippen molar-refractivity contribution in [3.63, 3.8) is 0 Å². The van der Waals surface area contributed by atoms with Crippen molar-refractivity contribution in [2.75, 3.05) is 6.54 Å². The van der Waals surface area contributed by atoms with E-state index in [9.17, 15) is 9.59 Å². The Labute approximate surface area is 72.5 Å². The van der Waals surface area contributed by atoms with Gasteiger partial charge in [-0.05, 0) is 0 Å². The molecule has 0 rings (SSSR count). The molecule has 0 spiro atoms. The van der Waals surface area contributed by atoms with E-state index in [2.05, 4.69) is 11.2 Å². The highest BCUT2D eigenvalue weighted by Crippen LogP contribution is 2.13. The predicted molar refractivity (Wildman–Crippen MR) is 46.3 cm³/mol. The van der Waals surface area contributed by atoms with Crippen LogP contribution in [0.25, 0.3) is 0 Å². The molecule has 3 nitrogen and oxygen atoms in total. The summed E-state index contributed by atoms with van der Waals surface area (Å²) in [4.78, 5) is 22.2. The highest BCUT2D eigenvalue weighted by atomic mass is 16.2. The van der Waals surface area contributed by atoms with Gasteiger partial charge in [-0.25, -0.2) is 0 Å². The normalized spacial score (nSPS) is 10.2. The third-order valence-electron chi connectivity index (χ3n) is 1.24. The van der Waals surface area contributed by atoms with Gasteiger partial charge < -0.3 is 5.32 Å². The maximum atomic E-state index is 11.2. The molecule has 1 amide bonds. The second-order valence-electron chi connectivity index (χ2n) is 3.47. The molecular weight excluding hydrogens is 154 g/mol. The van der Waals surface area contributed by atoms with E-state index in [-0.39, 0.29) is 6.54 Å². The van der Waals surface area contributed by atoms with Crippen molar-refractivity contribution in [1.29, 1.82) is 0 Å². The Kier molecular flexibility index (Phi) is 3.49. The van der Waals surface area contributed by atoms with Crippen LogP contribution in [-0.4, -0.2) is 18.2 Å². The molecule has 0 fully saturated rings. The minimum Gasteiger partial charge on any atom is -0.339 e. The van der Waals surface area contributed by atoms with Crippen LogP contribution in [0.1, 0.15) is 20.8 Å². The molecular formula is C9H13NO2. The van der Waals surface area contributed by atoms with Crippen LogP contribution >= 0.6 is 0 Å². The maximum absolute atomic E-state index is 11.2. The summed E-state index contributed by atoms with van der Waals surface area (Å²) in [5, 5.41) is 2.31. The Bertz CT molecular complexity index is 230. The lowest BCUT2D eigenvalue weighted by Gasteiger charge is -2.14. The molecule has 3 heteroatoms. The van der Waals surface area contributed by atoms with Crippen LogP contribution in [0.2, 0.25) is 0 Å². The Morgan fingerprint density at radius 1 is 1.42 bits per heavy atom. The number of Topliss-reactive ketones (excluding diaryl/α,β-unsaturated/α-hetero) is 1. The molecule has 12 heavy (non-hydrogen) atoms. The smallest absolute Gasteiger partial charge is 0.288 e. The van der Waals surface area contributed by atoms with Gasteiger partial charge in [-0.2, -0.15) is 0 Å². The zero-order chi connectivity index (χ0) is 9.78. The number of rotatable bonds is 2. The number of carbonyl (C=O) groups is 2. The average Bonchev–Trinajstić information content (AvgIpc) is 1.97. The van der Waals surface area contributed by atoms with Crippen LogP contribution < -0.4 is 5.32 Å². The molecule has 0 aliphatic heterocycles. The van der Waals surface area contributed by atoms with Crippen molar-refractivity contribution in [3.05, 3.63) is 0 Å². The van der Waals surface area contributed by atoms with Crippen molar-refractivity contribution in [2.45, 2.75) is 20.8 Å². The lowest BCUT2D eigenvalue weighted by atomic mass is 9.90. The van der Waals surface area contributed by atoms with E-state index in [1.807, 2.05) is 0 Å². The summed E-state index contributed by atoms with van der Waals surface area (Å²) in [6.45, 7) is 5.15. The first kappa shape index (κ1) is 10.7. The topological polar surface area (TPSA) is 46.2 Å². The van der Waals surface area contributed by atoms with Gasteiger partial charge in [0.05, 0.1) is 6.54 Å². The van der Waals surface area contributed by atoms with Gasteiger partial charge in [0.25, 0.3) is 5.91 Å². The van der Waals surface area contributed by atoms with Gasteiger partial charge in [0.1, 0.15) is 0 Å². The van der Waals surface area contributed by atoms with Crippen LogP contribution in [0.4, 0.5) is 0 Å². The van der Waals surface area contributed by atoms with Crippen LogP contribution in [0, 0.1) is 17.8 Å². The number of hydrogen-bond acceptors (Lipinski definition) is 2. The van der Waals surface area contributed by atoms with Gasteiger partial charge in [-0.1, -0.05) is 26.7 Å². The molecule has 0 aromatic heterocycles. The molecule has 1 N–H and O–H groups in total. The summed E-state index contributed by atoms with van der Waals surface area (Å²) in [6, 6.07) is 0. The van der Waals surface area contributed by atoms with Gasteiger partial charge in [0.15, 0.2) is 0 Å². The Morgan fingerprint density at radius 3 is 2.25 bits per heavy atom. The van der Waals surface area contributed by atoms with Gasteiger partial charge >= 0.3 is 0 Å². The van der Waals surface area contributed by atoms with Crippen molar-refractivity contribution in [2.24, 2.45) is 5.41 Å². The summed E-state index contributed by atoms with van der Waals surface area (Å²) in [5.41, 5.74) is -0.640. The van der Waals surface area contributed by atoms with Crippen LogP contribution in [0.3, 0.4) is 0 Å². The number of amides is 1. The minimum absolute atomic E-state index is 0.0979. The SMILES string of the molecule is C#CCNC(=O)C(=O)C(C)(C)C. The maximum Gasteiger partial charge on any atom is 0.288 e. The largest absolute Gasteiger partial charge is 0.339 e. The van der Waals surface area contributed by atoms with E-state index in [4.69, 9.17) is 6.42 Å². The van der Waals surface area contributed by atoms with Crippen molar-refractivity contribution in [3.8, 4) is 12.3 Å². The lowest BCUT2D eigenvalue weighted by Crippen LogP contribution is -2.38. The first-order valence-corrected chi connectivity index (χ1v) is 3.65.